The lowest BCUT2D eigenvalue weighted by Crippen LogP contribution is -2.31. The maximum Gasteiger partial charge on any atom is 0.225 e. The highest BCUT2D eigenvalue weighted by atomic mass is 79.9. The minimum atomic E-state index is 0.773. The van der Waals surface area contributed by atoms with Crippen LogP contribution in [0.5, 0.6) is 0 Å². The molecule has 1 aliphatic heterocycles. The second-order valence-corrected chi connectivity index (χ2v) is 7.74. The van der Waals surface area contributed by atoms with Gasteiger partial charge in [-0.15, -0.1) is 0 Å². The van der Waals surface area contributed by atoms with Gasteiger partial charge in [-0.2, -0.15) is 5.10 Å². The van der Waals surface area contributed by atoms with Crippen molar-refractivity contribution in [2.24, 2.45) is 0 Å². The first kappa shape index (κ1) is 18.2. The van der Waals surface area contributed by atoms with Gasteiger partial charge in [-0.05, 0) is 52.4 Å². The van der Waals surface area contributed by atoms with E-state index in [9.17, 15) is 0 Å². The summed E-state index contributed by atoms with van der Waals surface area (Å²) >= 11 is 3.85. The molecule has 0 atom stereocenters. The largest absolute Gasteiger partial charge is 0.336 e. The summed E-state index contributed by atoms with van der Waals surface area (Å²) in [6.07, 6.45) is 6.63. The number of aromatic nitrogens is 4. The van der Waals surface area contributed by atoms with E-state index in [2.05, 4.69) is 67.5 Å². The van der Waals surface area contributed by atoms with Crippen LogP contribution in [0.1, 0.15) is 41.8 Å². The summed E-state index contributed by atoms with van der Waals surface area (Å²) in [6.45, 7) is 8.07. The summed E-state index contributed by atoms with van der Waals surface area (Å²) in [4.78, 5) is 11.2. The fourth-order valence-electron chi connectivity index (χ4n) is 3.70. The molecule has 2 aromatic heterocycles. The molecule has 4 rings (SSSR count). The minimum Gasteiger partial charge on any atom is -0.336 e. The summed E-state index contributed by atoms with van der Waals surface area (Å²) in [5.41, 5.74) is 7.36. The van der Waals surface area contributed by atoms with Crippen molar-refractivity contribution < 1.29 is 0 Å². The predicted octanol–water partition coefficient (Wildman–Crippen LogP) is 4.42. The molecule has 0 unspecified atom stereocenters. The summed E-state index contributed by atoms with van der Waals surface area (Å²) in [5, 5.41) is 4.98. The summed E-state index contributed by atoms with van der Waals surface area (Å²) in [5.74, 6) is 0.786. The monoisotopic (exact) mass is 425 g/mol. The average molecular weight is 426 g/mol. The van der Waals surface area contributed by atoms with Gasteiger partial charge in [0.25, 0.3) is 0 Å². The molecule has 0 spiro atoms. The van der Waals surface area contributed by atoms with Gasteiger partial charge in [0.15, 0.2) is 0 Å². The van der Waals surface area contributed by atoms with Crippen molar-refractivity contribution in [3.05, 3.63) is 63.1 Å². The number of aryl methyl sites for hydroxylation is 3. The normalized spacial score (nSPS) is 13.7. The molecule has 0 radical (unpaired) electrons. The molecule has 0 N–H and O–H groups in total. The third-order valence-corrected chi connectivity index (χ3v) is 6.01. The van der Waals surface area contributed by atoms with Crippen LogP contribution in [-0.4, -0.2) is 26.3 Å². The fraction of sp³-hybridized carbons (Fsp3) is 0.381. The Bertz CT molecular complexity index is 939. The molecule has 0 aliphatic carbocycles. The van der Waals surface area contributed by atoms with Gasteiger partial charge in [-0.25, -0.2) is 14.6 Å². The molecule has 0 fully saturated rings. The van der Waals surface area contributed by atoms with Crippen LogP contribution >= 0.6 is 15.9 Å². The van der Waals surface area contributed by atoms with E-state index in [0.29, 0.717) is 0 Å². The predicted molar refractivity (Wildman–Crippen MR) is 112 cm³/mol. The second kappa shape index (κ2) is 7.43. The Hall–Kier alpha value is -2.21. The van der Waals surface area contributed by atoms with E-state index in [1.165, 1.54) is 22.4 Å². The van der Waals surface area contributed by atoms with Crippen LogP contribution in [0, 0.1) is 6.92 Å². The van der Waals surface area contributed by atoms with Gasteiger partial charge in [0.1, 0.15) is 4.60 Å². The zero-order valence-electron chi connectivity index (χ0n) is 16.0. The average Bonchev–Trinajstić information content (AvgIpc) is 3.03. The molecule has 0 amide bonds. The molecular weight excluding hydrogens is 402 g/mol. The number of para-hydroxylation sites is 1. The Morgan fingerprint density at radius 3 is 2.37 bits per heavy atom. The molecule has 5 nitrogen and oxygen atoms in total. The lowest BCUT2D eigenvalue weighted by Gasteiger charge is -2.26. The van der Waals surface area contributed by atoms with E-state index < -0.39 is 0 Å². The Morgan fingerprint density at radius 1 is 1.07 bits per heavy atom. The van der Waals surface area contributed by atoms with Crippen molar-refractivity contribution in [2.45, 2.75) is 46.6 Å². The first-order valence-corrected chi connectivity index (χ1v) is 10.3. The molecule has 1 aromatic carbocycles. The molecular formula is C21H24BrN5. The molecule has 1 aliphatic rings. The highest BCUT2D eigenvalue weighted by molar-refractivity contribution is 9.10. The van der Waals surface area contributed by atoms with E-state index >= 15 is 0 Å². The summed E-state index contributed by atoms with van der Waals surface area (Å²) in [7, 11) is 0. The zero-order chi connectivity index (χ0) is 19.0. The number of rotatable bonds is 4. The van der Waals surface area contributed by atoms with Crippen molar-refractivity contribution in [1.82, 2.24) is 19.7 Å². The number of halogens is 1. The quantitative estimate of drug-likeness (QED) is 0.620. The SMILES string of the molecule is CCc1cccc(CC)c1-n1nc2c(c1Br)CN(c1ncc(C)cn1)CC2. The Labute approximate surface area is 168 Å². The van der Waals surface area contributed by atoms with Crippen molar-refractivity contribution in [3.63, 3.8) is 0 Å². The van der Waals surface area contributed by atoms with Gasteiger partial charge in [-0.1, -0.05) is 32.0 Å². The number of benzene rings is 1. The van der Waals surface area contributed by atoms with Gasteiger partial charge in [0, 0.05) is 30.9 Å². The maximum atomic E-state index is 4.98. The minimum absolute atomic E-state index is 0.773. The van der Waals surface area contributed by atoms with Gasteiger partial charge >= 0.3 is 0 Å². The molecule has 3 aromatic rings. The van der Waals surface area contributed by atoms with Crippen LogP contribution in [0.3, 0.4) is 0 Å². The van der Waals surface area contributed by atoms with Crippen LogP contribution in [0.4, 0.5) is 5.95 Å². The lowest BCUT2D eigenvalue weighted by atomic mass is 10.0. The van der Waals surface area contributed by atoms with Crippen molar-refractivity contribution >= 4 is 21.9 Å². The molecule has 0 saturated heterocycles. The van der Waals surface area contributed by atoms with E-state index in [4.69, 9.17) is 5.10 Å². The van der Waals surface area contributed by atoms with Crippen molar-refractivity contribution in [1.29, 1.82) is 0 Å². The lowest BCUT2D eigenvalue weighted by molar-refractivity contribution is 0.693. The summed E-state index contributed by atoms with van der Waals surface area (Å²) in [6, 6.07) is 6.55. The van der Waals surface area contributed by atoms with E-state index in [-0.39, 0.29) is 0 Å². The standard InChI is InChI=1S/C21H24BrN5/c1-4-15-7-6-8-16(5-2)19(15)27-20(22)17-13-26(10-9-18(17)25-27)21-23-11-14(3)12-24-21/h6-8,11-12H,4-5,9-10,13H2,1-3H3. The highest BCUT2D eigenvalue weighted by Gasteiger charge is 2.26. The maximum absolute atomic E-state index is 4.98. The molecule has 6 heteroatoms. The van der Waals surface area contributed by atoms with Crippen molar-refractivity contribution in [2.75, 3.05) is 11.4 Å². The fourth-order valence-corrected chi connectivity index (χ4v) is 4.31. The molecule has 0 bridgehead atoms. The van der Waals surface area contributed by atoms with Crippen LogP contribution in [0.15, 0.2) is 35.2 Å². The van der Waals surface area contributed by atoms with Gasteiger partial charge < -0.3 is 4.90 Å². The van der Waals surface area contributed by atoms with Crippen LogP contribution in [0.25, 0.3) is 5.69 Å². The van der Waals surface area contributed by atoms with Gasteiger partial charge in [0.05, 0.1) is 17.9 Å². The second-order valence-electron chi connectivity index (χ2n) is 6.99. The van der Waals surface area contributed by atoms with Crippen LogP contribution in [0.2, 0.25) is 0 Å². The van der Waals surface area contributed by atoms with E-state index in [1.807, 2.05) is 19.3 Å². The summed E-state index contributed by atoms with van der Waals surface area (Å²) < 4.78 is 3.15. The number of hydrogen-bond acceptors (Lipinski definition) is 4. The van der Waals surface area contributed by atoms with E-state index in [0.717, 1.165) is 54.2 Å². The smallest absolute Gasteiger partial charge is 0.225 e. The van der Waals surface area contributed by atoms with Crippen molar-refractivity contribution in [3.8, 4) is 5.69 Å². The first-order valence-electron chi connectivity index (χ1n) is 9.53. The molecule has 3 heterocycles. The highest BCUT2D eigenvalue weighted by Crippen LogP contribution is 2.32. The Balaban J connectivity index is 1.74. The molecule has 27 heavy (non-hydrogen) atoms. The van der Waals surface area contributed by atoms with Gasteiger partial charge in [-0.3, -0.25) is 0 Å². The third-order valence-electron chi connectivity index (χ3n) is 5.20. The number of anilines is 1. The van der Waals surface area contributed by atoms with E-state index in [1.54, 1.807) is 0 Å². The Kier molecular flexibility index (Phi) is 5.00. The third kappa shape index (κ3) is 3.27. The number of hydrogen-bond donors (Lipinski definition) is 0. The number of fused-ring (bicyclic) bond motifs is 1. The first-order chi connectivity index (χ1) is 13.1. The van der Waals surface area contributed by atoms with Crippen LogP contribution < -0.4 is 4.90 Å². The zero-order valence-corrected chi connectivity index (χ0v) is 17.6. The number of nitrogens with zero attached hydrogens (tertiary/aromatic N) is 5. The Morgan fingerprint density at radius 2 is 1.74 bits per heavy atom. The topological polar surface area (TPSA) is 46.8 Å². The van der Waals surface area contributed by atoms with Crippen LogP contribution in [-0.2, 0) is 25.8 Å². The van der Waals surface area contributed by atoms with Gasteiger partial charge in [0.2, 0.25) is 5.95 Å². The molecule has 0 saturated carbocycles. The molecule has 140 valence electrons.